The number of amidine groups is 2. The van der Waals surface area contributed by atoms with Crippen LogP contribution in [0.3, 0.4) is 0 Å². The Morgan fingerprint density at radius 1 is 0.800 bits per heavy atom. The van der Waals surface area contributed by atoms with Gasteiger partial charge in [-0.05, 0) is 6.07 Å². The first-order chi connectivity index (χ1) is 11.0. The number of aromatic nitrogens is 1. The van der Waals surface area contributed by atoms with E-state index in [0.717, 1.165) is 11.1 Å². The summed E-state index contributed by atoms with van der Waals surface area (Å²) >= 11 is 0. The fraction of sp³-hybridized carbons (Fsp3) is 0. The molecule has 3 aromatic rings. The van der Waals surface area contributed by atoms with Gasteiger partial charge in [-0.1, -0.05) is 47.6 Å². The first-order valence-electron chi connectivity index (χ1n) is 6.91. The van der Waals surface area contributed by atoms with Crippen molar-refractivity contribution in [2.24, 2.45) is 11.5 Å². The molecule has 0 aliphatic rings. The highest BCUT2D eigenvalue weighted by Gasteiger charge is 2.10. The Labute approximate surface area is 157 Å². The van der Waals surface area contributed by atoms with Crippen molar-refractivity contribution in [2.75, 3.05) is 0 Å². The lowest BCUT2D eigenvalue weighted by Crippen LogP contribution is -2.10. The third-order valence-electron chi connectivity index (χ3n) is 3.46. The fourth-order valence-electron chi connectivity index (χ4n) is 2.21. The molecule has 0 spiro atoms. The van der Waals surface area contributed by atoms with E-state index in [4.69, 9.17) is 26.8 Å². The van der Waals surface area contributed by atoms with E-state index < -0.39 is 0 Å². The second-order valence-corrected chi connectivity index (χ2v) is 5.06. The molecule has 0 aliphatic heterocycles. The van der Waals surface area contributed by atoms with Crippen LogP contribution >= 0.6 is 24.8 Å². The Bertz CT molecular complexity index is 890. The highest BCUT2D eigenvalue weighted by Crippen LogP contribution is 2.26. The molecule has 1 heterocycles. The van der Waals surface area contributed by atoms with Crippen LogP contribution in [0.4, 0.5) is 0 Å². The van der Waals surface area contributed by atoms with Gasteiger partial charge in [0.05, 0.1) is 0 Å². The summed E-state index contributed by atoms with van der Waals surface area (Å²) in [5, 5.41) is 19.0. The van der Waals surface area contributed by atoms with E-state index >= 15 is 0 Å². The molecule has 0 aliphatic carbocycles. The Morgan fingerprint density at radius 2 is 1.44 bits per heavy atom. The summed E-state index contributed by atoms with van der Waals surface area (Å²) in [7, 11) is 0. The molecule has 1 aromatic heterocycles. The molecule has 0 bridgehead atoms. The number of nitrogens with two attached hydrogens (primary N) is 2. The number of nitrogens with zero attached hydrogens (tertiary/aromatic N) is 1. The first-order valence-corrected chi connectivity index (χ1v) is 6.91. The zero-order valence-corrected chi connectivity index (χ0v) is 14.7. The maximum atomic E-state index is 7.50. The Kier molecular flexibility index (Phi) is 6.73. The second-order valence-electron chi connectivity index (χ2n) is 5.06. The molecule has 0 amide bonds. The van der Waals surface area contributed by atoms with E-state index in [9.17, 15) is 0 Å². The highest BCUT2D eigenvalue weighted by atomic mass is 35.5. The van der Waals surface area contributed by atoms with Gasteiger partial charge in [-0.2, -0.15) is 0 Å². The van der Waals surface area contributed by atoms with Crippen molar-refractivity contribution >= 4 is 36.5 Å². The molecule has 8 heteroatoms. The number of hydrogen-bond acceptors (Lipinski definition) is 4. The number of rotatable bonds is 4. The van der Waals surface area contributed by atoms with E-state index in [-0.39, 0.29) is 36.5 Å². The zero-order valence-electron chi connectivity index (χ0n) is 13.0. The number of nitrogen functional groups attached to an aromatic ring is 2. The van der Waals surface area contributed by atoms with Crippen molar-refractivity contribution in [2.45, 2.75) is 0 Å². The topological polar surface area (TPSA) is 126 Å². The minimum atomic E-state index is 0. The molecular weight excluding hydrogens is 361 g/mol. The SMILES string of the molecule is Cl.Cl.N=C(N)c1ccc(-c2cc(-c3cccc(C(=N)N)c3)no2)cc1. The average molecular weight is 378 g/mol. The zero-order chi connectivity index (χ0) is 16.4. The molecule has 0 saturated carbocycles. The summed E-state index contributed by atoms with van der Waals surface area (Å²) in [5.41, 5.74) is 14.6. The summed E-state index contributed by atoms with van der Waals surface area (Å²) in [5.74, 6) is 0.648. The Morgan fingerprint density at radius 3 is 2.04 bits per heavy atom. The van der Waals surface area contributed by atoms with E-state index in [1.807, 2.05) is 30.3 Å². The van der Waals surface area contributed by atoms with Gasteiger partial charge in [0.25, 0.3) is 0 Å². The lowest BCUT2D eigenvalue weighted by molar-refractivity contribution is 0.435. The molecule has 3 rings (SSSR count). The van der Waals surface area contributed by atoms with Gasteiger partial charge in [-0.25, -0.2) is 0 Å². The monoisotopic (exact) mass is 377 g/mol. The molecule has 25 heavy (non-hydrogen) atoms. The maximum Gasteiger partial charge on any atom is 0.167 e. The lowest BCUT2D eigenvalue weighted by atomic mass is 10.1. The van der Waals surface area contributed by atoms with Gasteiger partial charge in [0.15, 0.2) is 5.76 Å². The van der Waals surface area contributed by atoms with Crippen LogP contribution in [0.1, 0.15) is 11.1 Å². The van der Waals surface area contributed by atoms with Gasteiger partial charge in [-0.3, -0.25) is 10.8 Å². The number of benzene rings is 2. The van der Waals surface area contributed by atoms with Crippen molar-refractivity contribution in [3.05, 3.63) is 65.7 Å². The molecule has 6 N–H and O–H groups in total. The molecule has 0 saturated heterocycles. The Hall–Kier alpha value is -2.83. The fourth-order valence-corrected chi connectivity index (χ4v) is 2.21. The van der Waals surface area contributed by atoms with Crippen LogP contribution in [0.15, 0.2) is 59.1 Å². The van der Waals surface area contributed by atoms with E-state index in [0.29, 0.717) is 22.6 Å². The molecule has 6 nitrogen and oxygen atoms in total. The van der Waals surface area contributed by atoms with Crippen molar-refractivity contribution in [1.29, 1.82) is 10.8 Å². The average Bonchev–Trinajstić information content (AvgIpc) is 3.05. The van der Waals surface area contributed by atoms with Crippen LogP contribution < -0.4 is 11.5 Å². The lowest BCUT2D eigenvalue weighted by Gasteiger charge is -2.00. The largest absolute Gasteiger partial charge is 0.384 e. The van der Waals surface area contributed by atoms with Gasteiger partial charge >= 0.3 is 0 Å². The van der Waals surface area contributed by atoms with Crippen LogP contribution in [0.5, 0.6) is 0 Å². The quantitative estimate of drug-likeness (QED) is 0.410. The standard InChI is InChI=1S/C17H15N5O.2ClH/c18-16(19)11-6-4-10(5-7-11)15-9-14(22-23-15)12-2-1-3-13(8-12)17(20)21;;/h1-9H,(H3,18,19)(H3,20,21);2*1H. The molecule has 0 radical (unpaired) electrons. The molecule has 0 fully saturated rings. The number of halogens is 2. The van der Waals surface area contributed by atoms with E-state index in [1.165, 1.54) is 0 Å². The number of hydrogen-bond donors (Lipinski definition) is 4. The smallest absolute Gasteiger partial charge is 0.167 e. The summed E-state index contributed by atoms with van der Waals surface area (Å²) in [6.07, 6.45) is 0. The van der Waals surface area contributed by atoms with Crippen molar-refractivity contribution in [3.63, 3.8) is 0 Å². The number of nitrogens with one attached hydrogen (secondary N) is 2. The normalized spacial score (nSPS) is 9.60. The van der Waals surface area contributed by atoms with E-state index in [1.54, 1.807) is 24.3 Å². The van der Waals surface area contributed by atoms with Gasteiger partial charge < -0.3 is 16.0 Å². The predicted octanol–water partition coefficient (Wildman–Crippen LogP) is 3.42. The Balaban J connectivity index is 0.00000156. The molecular formula is C17H17Cl2N5O. The van der Waals surface area contributed by atoms with Crippen LogP contribution in [0.25, 0.3) is 22.6 Å². The molecule has 130 valence electrons. The first kappa shape index (κ1) is 20.2. The third-order valence-corrected chi connectivity index (χ3v) is 3.46. The minimum Gasteiger partial charge on any atom is -0.384 e. The maximum absolute atomic E-state index is 7.50. The van der Waals surface area contributed by atoms with Crippen LogP contribution in [0.2, 0.25) is 0 Å². The van der Waals surface area contributed by atoms with Crippen LogP contribution in [-0.2, 0) is 0 Å². The van der Waals surface area contributed by atoms with E-state index in [2.05, 4.69) is 5.16 Å². The minimum absolute atomic E-state index is 0. The van der Waals surface area contributed by atoms with Crippen molar-refractivity contribution in [3.8, 4) is 22.6 Å². The van der Waals surface area contributed by atoms with Crippen molar-refractivity contribution < 1.29 is 4.52 Å². The summed E-state index contributed by atoms with van der Waals surface area (Å²) in [4.78, 5) is 0. The van der Waals surface area contributed by atoms with Gasteiger partial charge in [-0.15, -0.1) is 24.8 Å². The summed E-state index contributed by atoms with van der Waals surface area (Å²) < 4.78 is 5.39. The molecule has 0 atom stereocenters. The highest BCUT2D eigenvalue weighted by molar-refractivity contribution is 5.96. The van der Waals surface area contributed by atoms with Gasteiger partial charge in [0, 0.05) is 28.3 Å². The molecule has 0 unspecified atom stereocenters. The van der Waals surface area contributed by atoms with Crippen LogP contribution in [0, 0.1) is 10.8 Å². The van der Waals surface area contributed by atoms with Gasteiger partial charge in [0.2, 0.25) is 0 Å². The summed E-state index contributed by atoms with van der Waals surface area (Å²) in [6.45, 7) is 0. The third kappa shape index (κ3) is 4.37. The van der Waals surface area contributed by atoms with Crippen molar-refractivity contribution in [1.82, 2.24) is 5.16 Å². The summed E-state index contributed by atoms with van der Waals surface area (Å²) in [6, 6.07) is 16.3. The second kappa shape index (κ2) is 8.32. The van der Waals surface area contributed by atoms with Gasteiger partial charge in [0.1, 0.15) is 17.4 Å². The predicted molar refractivity (Wildman–Crippen MR) is 104 cm³/mol. The van der Waals surface area contributed by atoms with Crippen LogP contribution in [-0.4, -0.2) is 16.8 Å². The molecule has 2 aromatic carbocycles.